The number of nitrogens with zero attached hydrogens (tertiary/aromatic N) is 3. The number of rotatable bonds is 1. The highest BCUT2D eigenvalue weighted by atomic mass is 16.2. The number of amides is 2. The summed E-state index contributed by atoms with van der Waals surface area (Å²) in [5.74, 6) is 0. The summed E-state index contributed by atoms with van der Waals surface area (Å²) in [4.78, 5) is 12.2. The van der Waals surface area contributed by atoms with Crippen LogP contribution < -0.4 is 5.32 Å². The first-order valence-electron chi connectivity index (χ1n) is 3.34. The summed E-state index contributed by atoms with van der Waals surface area (Å²) >= 11 is 0. The van der Waals surface area contributed by atoms with E-state index in [4.69, 9.17) is 10.5 Å². The van der Waals surface area contributed by atoms with Crippen LogP contribution in [0.2, 0.25) is 0 Å². The molecule has 0 atom stereocenters. The first kappa shape index (κ1) is 8.09. The van der Waals surface area contributed by atoms with Crippen LogP contribution in [0, 0.1) is 22.7 Å². The third kappa shape index (κ3) is 1.53. The van der Waals surface area contributed by atoms with Gasteiger partial charge in [0.15, 0.2) is 0 Å². The number of nitriles is 2. The molecule has 0 radical (unpaired) electrons. The van der Waals surface area contributed by atoms with E-state index < -0.39 is 0 Å². The van der Waals surface area contributed by atoms with Gasteiger partial charge in [0, 0.05) is 19.3 Å². The largest absolute Gasteiger partial charge is 0.336 e. The van der Waals surface area contributed by atoms with Gasteiger partial charge in [0.1, 0.15) is 17.7 Å². The van der Waals surface area contributed by atoms with Crippen molar-refractivity contribution in [2.45, 2.75) is 0 Å². The molecule has 1 N–H and O–H groups in total. The lowest BCUT2D eigenvalue weighted by Crippen LogP contribution is -2.23. The van der Waals surface area contributed by atoms with Gasteiger partial charge in [0.05, 0.1) is 0 Å². The Kier molecular flexibility index (Phi) is 2.29. The van der Waals surface area contributed by atoms with Gasteiger partial charge in [-0.1, -0.05) is 0 Å². The zero-order valence-corrected chi connectivity index (χ0v) is 6.24. The Bertz CT molecular complexity index is 290. The van der Waals surface area contributed by atoms with Gasteiger partial charge in [-0.3, -0.25) is 4.90 Å². The van der Waals surface area contributed by atoms with Crippen LogP contribution in [0.1, 0.15) is 0 Å². The fraction of sp³-hybridized carbons (Fsp3) is 0.286. The molecule has 0 aromatic rings. The van der Waals surface area contributed by atoms with E-state index in [1.165, 1.54) is 11.1 Å². The van der Waals surface area contributed by atoms with E-state index in [0.29, 0.717) is 13.1 Å². The number of allylic oxidation sites excluding steroid dienone is 1. The van der Waals surface area contributed by atoms with Crippen molar-refractivity contribution in [1.29, 1.82) is 10.5 Å². The first-order valence-corrected chi connectivity index (χ1v) is 3.34. The maximum Gasteiger partial charge on any atom is 0.321 e. The van der Waals surface area contributed by atoms with Crippen LogP contribution in [0.5, 0.6) is 0 Å². The molecule has 60 valence electrons. The molecule has 1 aliphatic rings. The summed E-state index contributed by atoms with van der Waals surface area (Å²) in [6, 6.07) is 3.09. The van der Waals surface area contributed by atoms with Crippen LogP contribution in [0.3, 0.4) is 0 Å². The van der Waals surface area contributed by atoms with Crippen molar-refractivity contribution in [2.24, 2.45) is 0 Å². The highest BCUT2D eigenvalue weighted by molar-refractivity contribution is 5.77. The number of urea groups is 1. The van der Waals surface area contributed by atoms with Gasteiger partial charge in [0.2, 0.25) is 0 Å². The third-order valence-electron chi connectivity index (χ3n) is 1.42. The van der Waals surface area contributed by atoms with Gasteiger partial charge < -0.3 is 5.32 Å². The highest BCUT2D eigenvalue weighted by Gasteiger charge is 2.17. The van der Waals surface area contributed by atoms with Crippen molar-refractivity contribution in [1.82, 2.24) is 10.2 Å². The molecule has 0 aliphatic carbocycles. The van der Waals surface area contributed by atoms with E-state index in [1.807, 2.05) is 0 Å². The summed E-state index contributed by atoms with van der Waals surface area (Å²) in [7, 11) is 0. The van der Waals surface area contributed by atoms with Gasteiger partial charge in [-0.05, 0) is 0 Å². The lowest BCUT2D eigenvalue weighted by atomic mass is 10.3. The monoisotopic (exact) mass is 162 g/mol. The predicted octanol–water partition coefficient (Wildman–Crippen LogP) is -0.0573. The lowest BCUT2D eigenvalue weighted by molar-refractivity contribution is 0.230. The van der Waals surface area contributed by atoms with E-state index in [9.17, 15) is 4.79 Å². The summed E-state index contributed by atoms with van der Waals surface area (Å²) in [5, 5.41) is 19.3. The number of carbonyl (C=O) groups excluding carboxylic acids is 1. The minimum atomic E-state index is -0.266. The van der Waals surface area contributed by atoms with Gasteiger partial charge in [-0.2, -0.15) is 10.5 Å². The SMILES string of the molecule is N#CC(C#N)=CN1CCNC1=O. The van der Waals surface area contributed by atoms with Gasteiger partial charge >= 0.3 is 6.03 Å². The molecule has 0 unspecified atom stereocenters. The molecule has 0 bridgehead atoms. The Morgan fingerprint density at radius 3 is 2.67 bits per heavy atom. The summed E-state index contributed by atoms with van der Waals surface area (Å²) in [6.45, 7) is 1.06. The Morgan fingerprint density at radius 2 is 2.25 bits per heavy atom. The maximum atomic E-state index is 10.9. The van der Waals surface area contributed by atoms with Crippen molar-refractivity contribution >= 4 is 6.03 Å². The third-order valence-corrected chi connectivity index (χ3v) is 1.42. The minimum Gasteiger partial charge on any atom is -0.336 e. The second-order valence-electron chi connectivity index (χ2n) is 2.19. The van der Waals surface area contributed by atoms with Gasteiger partial charge in [-0.25, -0.2) is 4.79 Å². The van der Waals surface area contributed by atoms with Crippen LogP contribution in [0.15, 0.2) is 11.8 Å². The standard InChI is InChI=1S/C7H6N4O/c8-3-6(4-9)5-11-2-1-10-7(11)12/h5H,1-2H2,(H,10,12). The maximum absolute atomic E-state index is 10.9. The minimum absolute atomic E-state index is 0.0629. The average molecular weight is 162 g/mol. The first-order chi connectivity index (χ1) is 5.77. The quantitative estimate of drug-likeness (QED) is 0.548. The number of hydrogen-bond donors (Lipinski definition) is 1. The Hall–Kier alpha value is -2.01. The lowest BCUT2D eigenvalue weighted by Gasteiger charge is -2.05. The average Bonchev–Trinajstić information content (AvgIpc) is 2.47. The van der Waals surface area contributed by atoms with Crippen molar-refractivity contribution in [3.63, 3.8) is 0 Å². The second-order valence-corrected chi connectivity index (χ2v) is 2.19. The molecule has 0 aromatic carbocycles. The van der Waals surface area contributed by atoms with Gasteiger partial charge in [0.25, 0.3) is 0 Å². The van der Waals surface area contributed by atoms with Crippen molar-refractivity contribution in [3.8, 4) is 12.1 Å². The fourth-order valence-corrected chi connectivity index (χ4v) is 0.848. The molecular weight excluding hydrogens is 156 g/mol. The van der Waals surface area contributed by atoms with Crippen LogP contribution >= 0.6 is 0 Å². The van der Waals surface area contributed by atoms with E-state index in [0.717, 1.165) is 0 Å². The van der Waals surface area contributed by atoms with E-state index in [2.05, 4.69) is 5.32 Å². The molecule has 0 aromatic heterocycles. The smallest absolute Gasteiger partial charge is 0.321 e. The zero-order valence-electron chi connectivity index (χ0n) is 6.24. The van der Waals surface area contributed by atoms with Crippen molar-refractivity contribution < 1.29 is 4.79 Å². The van der Waals surface area contributed by atoms with Crippen LogP contribution in [-0.4, -0.2) is 24.0 Å². The second kappa shape index (κ2) is 3.40. The number of carbonyl (C=O) groups is 1. The summed E-state index contributed by atoms with van der Waals surface area (Å²) < 4.78 is 0. The molecule has 1 heterocycles. The van der Waals surface area contributed by atoms with Crippen molar-refractivity contribution in [3.05, 3.63) is 11.8 Å². The molecule has 12 heavy (non-hydrogen) atoms. The van der Waals surface area contributed by atoms with Crippen molar-refractivity contribution in [2.75, 3.05) is 13.1 Å². The van der Waals surface area contributed by atoms with E-state index >= 15 is 0 Å². The molecule has 1 saturated heterocycles. The zero-order chi connectivity index (χ0) is 8.97. The number of nitrogens with one attached hydrogen (secondary N) is 1. The van der Waals surface area contributed by atoms with Crippen LogP contribution in [0.25, 0.3) is 0 Å². The van der Waals surface area contributed by atoms with Gasteiger partial charge in [-0.15, -0.1) is 0 Å². The normalized spacial score (nSPS) is 14.5. The Labute approximate surface area is 69.5 Å². The highest BCUT2D eigenvalue weighted by Crippen LogP contribution is 2.00. The van der Waals surface area contributed by atoms with Crippen LogP contribution in [-0.2, 0) is 0 Å². The molecule has 0 saturated carbocycles. The van der Waals surface area contributed by atoms with E-state index in [-0.39, 0.29) is 11.6 Å². The van der Waals surface area contributed by atoms with E-state index in [1.54, 1.807) is 12.1 Å². The summed E-state index contributed by atoms with van der Waals surface area (Å²) in [6.07, 6.45) is 1.25. The topological polar surface area (TPSA) is 79.9 Å². The molecular formula is C7H6N4O. The van der Waals surface area contributed by atoms with Crippen LogP contribution in [0.4, 0.5) is 4.79 Å². The molecule has 0 spiro atoms. The molecule has 1 aliphatic heterocycles. The fourth-order valence-electron chi connectivity index (χ4n) is 0.848. The molecule has 5 heteroatoms. The summed E-state index contributed by atoms with van der Waals surface area (Å²) in [5.41, 5.74) is -0.0629. The predicted molar refractivity (Wildman–Crippen MR) is 39.4 cm³/mol. The Morgan fingerprint density at radius 1 is 1.58 bits per heavy atom. The number of hydrogen-bond acceptors (Lipinski definition) is 3. The molecule has 1 rings (SSSR count). The molecule has 2 amide bonds. The molecule has 5 nitrogen and oxygen atoms in total. The molecule has 1 fully saturated rings. The Balaban J connectivity index is 2.74.